The number of halogens is 1. The number of rotatable bonds is 0. The zero-order valence-electron chi connectivity index (χ0n) is 7.65. The summed E-state index contributed by atoms with van der Waals surface area (Å²) in [5.74, 6) is -0.0369. The third-order valence-corrected chi connectivity index (χ3v) is 1.49. The van der Waals surface area contributed by atoms with E-state index >= 15 is 0 Å². The van der Waals surface area contributed by atoms with Crippen molar-refractivity contribution < 1.29 is 9.18 Å². The van der Waals surface area contributed by atoms with Crippen molar-refractivity contribution in [2.24, 2.45) is 0 Å². The van der Waals surface area contributed by atoms with Crippen LogP contribution >= 0.6 is 0 Å². The second-order valence-corrected chi connectivity index (χ2v) is 2.79. The van der Waals surface area contributed by atoms with Gasteiger partial charge in [-0.15, -0.1) is 0 Å². The van der Waals surface area contributed by atoms with Crippen molar-refractivity contribution in [3.63, 3.8) is 0 Å². The molecule has 0 atom stereocenters. The fraction of sp³-hybridized carbons (Fsp3) is 0.875. The Bertz CT molecular complexity index is 137. The highest BCUT2D eigenvalue weighted by atomic mass is 19.1. The first-order valence-corrected chi connectivity index (χ1v) is 3.96. The largest absolute Gasteiger partial charge is 0.336 e. The maximum Gasteiger partial charge on any atom is 0.219 e. The summed E-state index contributed by atoms with van der Waals surface area (Å²) in [6.45, 7) is 7.49. The lowest BCUT2D eigenvalue weighted by Crippen LogP contribution is -2.58. The van der Waals surface area contributed by atoms with Gasteiger partial charge < -0.3 is 4.90 Å². The first kappa shape index (κ1) is 10.4. The van der Waals surface area contributed by atoms with Crippen LogP contribution in [0.25, 0.3) is 0 Å². The summed E-state index contributed by atoms with van der Waals surface area (Å²) in [6.07, 6.45) is 0. The van der Waals surface area contributed by atoms with Gasteiger partial charge in [-0.2, -0.15) is 0 Å². The number of carbonyl (C=O) groups is 1. The van der Waals surface area contributed by atoms with E-state index in [0.29, 0.717) is 0 Å². The SMILES string of the molecule is CC.CC(=O)N1CC(C)(F)C1. The van der Waals surface area contributed by atoms with Crippen LogP contribution in [0.15, 0.2) is 0 Å². The maximum absolute atomic E-state index is 12.6. The molecule has 0 N–H and O–H groups in total. The topological polar surface area (TPSA) is 20.3 Å². The molecule has 1 aliphatic rings. The summed E-state index contributed by atoms with van der Waals surface area (Å²) in [7, 11) is 0. The van der Waals surface area contributed by atoms with Crippen LogP contribution in [-0.2, 0) is 4.79 Å². The molecule has 2 nitrogen and oxygen atoms in total. The molecule has 1 heterocycles. The number of nitrogens with zero attached hydrogens (tertiary/aromatic N) is 1. The first-order valence-electron chi connectivity index (χ1n) is 3.96. The smallest absolute Gasteiger partial charge is 0.219 e. The van der Waals surface area contributed by atoms with Gasteiger partial charge in [-0.1, -0.05) is 13.8 Å². The number of hydrogen-bond donors (Lipinski definition) is 0. The molecule has 1 rings (SSSR count). The number of carbonyl (C=O) groups excluding carboxylic acids is 1. The van der Waals surface area contributed by atoms with E-state index in [-0.39, 0.29) is 19.0 Å². The normalized spacial score (nSPS) is 19.5. The van der Waals surface area contributed by atoms with E-state index in [1.807, 2.05) is 13.8 Å². The van der Waals surface area contributed by atoms with Gasteiger partial charge in [0.15, 0.2) is 0 Å². The summed E-state index contributed by atoms with van der Waals surface area (Å²) in [4.78, 5) is 12.0. The Kier molecular flexibility index (Phi) is 3.49. The Morgan fingerprint density at radius 2 is 1.82 bits per heavy atom. The Labute approximate surface area is 67.4 Å². The molecule has 66 valence electrons. The van der Waals surface area contributed by atoms with Crippen LogP contribution in [0.1, 0.15) is 27.7 Å². The summed E-state index contributed by atoms with van der Waals surface area (Å²) in [6, 6.07) is 0. The molecule has 0 spiro atoms. The van der Waals surface area contributed by atoms with Crippen molar-refractivity contribution in [2.75, 3.05) is 13.1 Å². The number of amides is 1. The Morgan fingerprint density at radius 3 is 1.91 bits per heavy atom. The highest BCUT2D eigenvalue weighted by molar-refractivity contribution is 5.74. The van der Waals surface area contributed by atoms with Gasteiger partial charge in [0.1, 0.15) is 5.67 Å². The number of likely N-dealkylation sites (tertiary alicyclic amines) is 1. The maximum atomic E-state index is 12.6. The van der Waals surface area contributed by atoms with Crippen LogP contribution in [0.4, 0.5) is 4.39 Å². The van der Waals surface area contributed by atoms with E-state index in [2.05, 4.69) is 0 Å². The molecule has 0 aromatic carbocycles. The second kappa shape index (κ2) is 3.69. The lowest BCUT2D eigenvalue weighted by atomic mass is 9.99. The Balaban J connectivity index is 0.000000461. The lowest BCUT2D eigenvalue weighted by Gasteiger charge is -2.41. The van der Waals surface area contributed by atoms with Crippen molar-refractivity contribution >= 4 is 5.91 Å². The average Bonchev–Trinajstić information content (AvgIpc) is 1.87. The molecule has 3 heteroatoms. The molecule has 1 aliphatic heterocycles. The van der Waals surface area contributed by atoms with Crippen LogP contribution in [0.5, 0.6) is 0 Å². The third-order valence-electron chi connectivity index (χ3n) is 1.49. The molecule has 0 aliphatic carbocycles. The molecule has 0 aromatic heterocycles. The van der Waals surface area contributed by atoms with Gasteiger partial charge in [0.2, 0.25) is 5.91 Å². The molecule has 0 radical (unpaired) electrons. The predicted octanol–water partition coefficient (Wildman–Crippen LogP) is 1.60. The molecule has 1 amide bonds. The van der Waals surface area contributed by atoms with Gasteiger partial charge in [-0.05, 0) is 6.92 Å². The minimum absolute atomic E-state index is 0.0369. The summed E-state index contributed by atoms with van der Waals surface area (Å²) < 4.78 is 12.6. The van der Waals surface area contributed by atoms with E-state index in [1.54, 1.807) is 0 Å². The van der Waals surface area contributed by atoms with Crippen molar-refractivity contribution in [3.05, 3.63) is 0 Å². The van der Waals surface area contributed by atoms with E-state index in [9.17, 15) is 9.18 Å². The minimum Gasteiger partial charge on any atom is -0.336 e. The van der Waals surface area contributed by atoms with Crippen molar-refractivity contribution in [1.82, 2.24) is 4.90 Å². The molecule has 1 fully saturated rings. The predicted molar refractivity (Wildman–Crippen MR) is 43.1 cm³/mol. The van der Waals surface area contributed by atoms with Gasteiger partial charge in [-0.25, -0.2) is 4.39 Å². The fourth-order valence-corrected chi connectivity index (χ4v) is 0.972. The molecule has 0 saturated carbocycles. The van der Waals surface area contributed by atoms with Gasteiger partial charge >= 0.3 is 0 Å². The van der Waals surface area contributed by atoms with E-state index in [4.69, 9.17) is 0 Å². The van der Waals surface area contributed by atoms with Crippen LogP contribution in [0.3, 0.4) is 0 Å². The zero-order chi connectivity index (χ0) is 9.07. The van der Waals surface area contributed by atoms with E-state index < -0.39 is 5.67 Å². The van der Waals surface area contributed by atoms with Crippen LogP contribution < -0.4 is 0 Å². The summed E-state index contributed by atoms with van der Waals surface area (Å²) in [5, 5.41) is 0. The van der Waals surface area contributed by atoms with E-state index in [1.165, 1.54) is 18.7 Å². The zero-order valence-corrected chi connectivity index (χ0v) is 7.65. The van der Waals surface area contributed by atoms with Crippen LogP contribution in [0, 0.1) is 0 Å². The highest BCUT2D eigenvalue weighted by Gasteiger charge is 2.39. The molecule has 1 saturated heterocycles. The lowest BCUT2D eigenvalue weighted by molar-refractivity contribution is -0.141. The number of hydrogen-bond acceptors (Lipinski definition) is 1. The monoisotopic (exact) mass is 161 g/mol. The van der Waals surface area contributed by atoms with Crippen LogP contribution in [-0.4, -0.2) is 29.6 Å². The van der Waals surface area contributed by atoms with E-state index in [0.717, 1.165) is 0 Å². The molecular formula is C8H16FNO. The number of alkyl halides is 1. The van der Waals surface area contributed by atoms with Crippen molar-refractivity contribution in [1.29, 1.82) is 0 Å². The van der Waals surface area contributed by atoms with Crippen molar-refractivity contribution in [3.8, 4) is 0 Å². The Hall–Kier alpha value is -0.600. The molecule has 0 unspecified atom stereocenters. The van der Waals surface area contributed by atoms with Gasteiger partial charge in [0, 0.05) is 6.92 Å². The minimum atomic E-state index is -1.12. The molecule has 11 heavy (non-hydrogen) atoms. The molecule has 0 aromatic rings. The molecular weight excluding hydrogens is 145 g/mol. The highest BCUT2D eigenvalue weighted by Crippen LogP contribution is 2.23. The summed E-state index contributed by atoms with van der Waals surface area (Å²) in [5.41, 5.74) is -1.12. The standard InChI is InChI=1S/C6H10FNO.C2H6/c1-5(9)8-3-6(2,7)4-8;1-2/h3-4H2,1-2H3;1-2H3. The fourth-order valence-electron chi connectivity index (χ4n) is 0.972. The van der Waals surface area contributed by atoms with Gasteiger partial charge in [-0.3, -0.25) is 4.79 Å². The third kappa shape index (κ3) is 2.87. The summed E-state index contributed by atoms with van der Waals surface area (Å²) >= 11 is 0. The van der Waals surface area contributed by atoms with Gasteiger partial charge in [0.25, 0.3) is 0 Å². The Morgan fingerprint density at radius 1 is 1.45 bits per heavy atom. The van der Waals surface area contributed by atoms with Gasteiger partial charge in [0.05, 0.1) is 13.1 Å². The average molecular weight is 161 g/mol. The second-order valence-electron chi connectivity index (χ2n) is 2.79. The van der Waals surface area contributed by atoms with Crippen LogP contribution in [0.2, 0.25) is 0 Å². The quantitative estimate of drug-likeness (QED) is 0.528. The first-order chi connectivity index (χ1) is 5.01. The molecule has 0 bridgehead atoms. The van der Waals surface area contributed by atoms with Crippen molar-refractivity contribution in [2.45, 2.75) is 33.4 Å².